The quantitative estimate of drug-likeness (QED) is 0.488. The molecule has 3 saturated carbocycles. The fourth-order valence-electron chi connectivity index (χ4n) is 9.07. The lowest BCUT2D eigenvalue weighted by Crippen LogP contribution is -2.73. The Hall–Kier alpha value is -1.91. The number of carbonyl (C=O) groups is 1. The van der Waals surface area contributed by atoms with E-state index in [1.807, 2.05) is 18.2 Å². The summed E-state index contributed by atoms with van der Waals surface area (Å²) in [4.78, 5) is 24.0. The lowest BCUT2D eigenvalue weighted by molar-refractivity contribution is -0.207. The molecule has 0 spiro atoms. The van der Waals surface area contributed by atoms with Gasteiger partial charge in [0.05, 0.1) is 59.3 Å². The van der Waals surface area contributed by atoms with Crippen LogP contribution in [-0.2, 0) is 14.3 Å². The van der Waals surface area contributed by atoms with Crippen LogP contribution in [0.2, 0.25) is 0 Å². The van der Waals surface area contributed by atoms with Crippen molar-refractivity contribution in [3.63, 3.8) is 0 Å². The summed E-state index contributed by atoms with van der Waals surface area (Å²) < 4.78 is 29.7. The van der Waals surface area contributed by atoms with Crippen LogP contribution in [0, 0.1) is 17.8 Å². The molecule has 2 saturated heterocycles. The van der Waals surface area contributed by atoms with Crippen LogP contribution in [0.1, 0.15) is 56.4 Å². The number of carbonyl (C=O) groups excluding carboxylic acids is 1. The molecule has 0 bridgehead atoms. The van der Waals surface area contributed by atoms with E-state index in [1.54, 1.807) is 11.3 Å². The van der Waals surface area contributed by atoms with E-state index in [1.165, 1.54) is 25.7 Å². The molecule has 8 rings (SSSR count). The van der Waals surface area contributed by atoms with E-state index in [0.29, 0.717) is 11.5 Å². The minimum absolute atomic E-state index is 0.0436. The zero-order valence-corrected chi connectivity index (χ0v) is 25.2. The van der Waals surface area contributed by atoms with Crippen LogP contribution in [0.15, 0.2) is 30.5 Å². The molecule has 226 valence electrons. The van der Waals surface area contributed by atoms with Crippen LogP contribution >= 0.6 is 11.3 Å². The number of rotatable bonds is 6. The summed E-state index contributed by atoms with van der Waals surface area (Å²) in [6.45, 7) is 5.26. The number of halogens is 1. The van der Waals surface area contributed by atoms with Crippen molar-refractivity contribution in [2.75, 3.05) is 39.4 Å². The summed E-state index contributed by atoms with van der Waals surface area (Å²) in [6, 6.07) is 7.79. The Morgan fingerprint density at radius 1 is 1.07 bits per heavy atom. The summed E-state index contributed by atoms with van der Waals surface area (Å²) in [6.07, 6.45) is 9.34. The Labute approximate surface area is 251 Å². The number of thiazole rings is 1. The maximum absolute atomic E-state index is 16.2. The van der Waals surface area contributed by atoms with Crippen LogP contribution < -0.4 is 5.32 Å². The van der Waals surface area contributed by atoms with Gasteiger partial charge in [-0.25, -0.2) is 9.37 Å². The highest BCUT2D eigenvalue weighted by molar-refractivity contribution is 7.19. The summed E-state index contributed by atoms with van der Waals surface area (Å²) in [5.74, 6) is 1.06. The number of ketones is 1. The van der Waals surface area contributed by atoms with Gasteiger partial charge in [-0.2, -0.15) is 0 Å². The Morgan fingerprint density at radius 2 is 1.88 bits per heavy atom. The number of ether oxygens (including phenoxy) is 2. The number of aromatic nitrogens is 1. The van der Waals surface area contributed by atoms with Crippen LogP contribution in [0.4, 0.5) is 4.39 Å². The minimum atomic E-state index is -1.12. The van der Waals surface area contributed by atoms with E-state index in [0.717, 1.165) is 79.8 Å². The van der Waals surface area contributed by atoms with Crippen LogP contribution in [-0.4, -0.2) is 96.5 Å². The van der Waals surface area contributed by atoms with Gasteiger partial charge in [0, 0.05) is 25.2 Å². The normalized spacial score (nSPS) is 38.5. The van der Waals surface area contributed by atoms with Crippen LogP contribution in [0.5, 0.6) is 0 Å². The second-order valence-electron chi connectivity index (χ2n) is 13.5. The number of morpholine rings is 2. The molecule has 9 atom stereocenters. The second-order valence-corrected chi connectivity index (χ2v) is 14.5. The summed E-state index contributed by atoms with van der Waals surface area (Å²) >= 11 is 1.58. The van der Waals surface area contributed by atoms with Gasteiger partial charge < -0.3 is 19.7 Å². The maximum Gasteiger partial charge on any atom is 0.172 e. The summed E-state index contributed by atoms with van der Waals surface area (Å²) in [7, 11) is 0. The van der Waals surface area contributed by atoms with Crippen LogP contribution in [0.3, 0.4) is 0 Å². The SMILES string of the molecule is O=C1C(c2nc3ccccc3s2)=CN2C3CC4CCCCC4CC3OC3C(NCCCN4CCOCC4)C(F)CC1C32. The molecule has 5 fully saturated rings. The van der Waals surface area contributed by atoms with Crippen molar-refractivity contribution in [1.29, 1.82) is 0 Å². The van der Waals surface area contributed by atoms with Gasteiger partial charge in [0.15, 0.2) is 5.78 Å². The molecule has 1 N–H and O–H groups in total. The number of para-hydroxylation sites is 1. The Balaban J connectivity index is 1.09. The summed E-state index contributed by atoms with van der Waals surface area (Å²) in [5, 5.41) is 4.37. The minimum Gasteiger partial charge on any atom is -0.379 e. The van der Waals surface area contributed by atoms with Crippen molar-refractivity contribution in [2.45, 2.75) is 87.9 Å². The molecule has 9 unspecified atom stereocenters. The molecule has 4 heterocycles. The Bertz CT molecular complexity index is 1300. The highest BCUT2D eigenvalue weighted by atomic mass is 32.1. The first-order chi connectivity index (χ1) is 20.6. The molecule has 9 heteroatoms. The lowest BCUT2D eigenvalue weighted by Gasteiger charge is -2.61. The van der Waals surface area contributed by atoms with Crippen molar-refractivity contribution in [2.24, 2.45) is 17.8 Å². The van der Waals surface area contributed by atoms with Gasteiger partial charge in [0.1, 0.15) is 11.2 Å². The zero-order chi connectivity index (χ0) is 28.2. The third kappa shape index (κ3) is 4.93. The van der Waals surface area contributed by atoms with Gasteiger partial charge in [-0.05, 0) is 62.7 Å². The van der Waals surface area contributed by atoms with Crippen molar-refractivity contribution in [3.05, 3.63) is 35.5 Å². The molecule has 42 heavy (non-hydrogen) atoms. The lowest BCUT2D eigenvalue weighted by atomic mass is 9.65. The molecule has 2 aromatic rings. The van der Waals surface area contributed by atoms with Gasteiger partial charge in [-0.1, -0.05) is 37.8 Å². The summed E-state index contributed by atoms with van der Waals surface area (Å²) in [5.41, 5.74) is 1.59. The number of Topliss-reactive ketones (excluding diaryl/α,β-unsaturated/α-hetero) is 1. The number of nitrogens with one attached hydrogen (secondary N) is 1. The van der Waals surface area contributed by atoms with E-state index in [4.69, 9.17) is 14.5 Å². The molecule has 0 radical (unpaired) electrons. The average molecular weight is 595 g/mol. The second kappa shape index (κ2) is 11.5. The predicted molar refractivity (Wildman–Crippen MR) is 162 cm³/mol. The predicted octanol–water partition coefficient (Wildman–Crippen LogP) is 4.67. The smallest absolute Gasteiger partial charge is 0.172 e. The van der Waals surface area contributed by atoms with E-state index in [2.05, 4.69) is 27.4 Å². The third-order valence-electron chi connectivity index (χ3n) is 11.1. The maximum atomic E-state index is 16.2. The molecule has 6 aliphatic rings. The largest absolute Gasteiger partial charge is 0.379 e. The molecule has 3 aliphatic carbocycles. The molecular formula is C33H43FN4O3S. The molecule has 1 aromatic carbocycles. The zero-order valence-electron chi connectivity index (χ0n) is 24.3. The number of hydrogen-bond donors (Lipinski definition) is 1. The first-order valence-corrected chi connectivity index (χ1v) is 17.2. The number of alkyl halides is 1. The third-order valence-corrected chi connectivity index (χ3v) is 12.2. The highest BCUT2D eigenvalue weighted by Gasteiger charge is 2.59. The molecule has 7 nitrogen and oxygen atoms in total. The first kappa shape index (κ1) is 27.6. The van der Waals surface area contributed by atoms with Gasteiger partial charge in [0.25, 0.3) is 0 Å². The monoisotopic (exact) mass is 594 g/mol. The van der Waals surface area contributed by atoms with Crippen molar-refractivity contribution < 1.29 is 18.7 Å². The number of benzene rings is 1. The van der Waals surface area contributed by atoms with Gasteiger partial charge in [-0.15, -0.1) is 11.3 Å². The fourth-order valence-corrected chi connectivity index (χ4v) is 10.0. The van der Waals surface area contributed by atoms with E-state index >= 15 is 4.39 Å². The molecule has 1 aromatic heterocycles. The standard InChI is InChI=1S/C33H43FN4O3S/c34-24-18-22-30-32(29(24)35-10-5-11-37-12-14-40-15-13-37)41-27-17-21-7-2-1-6-20(21)16-26(27)38(30)19-23(31(22)39)33-36-25-8-3-4-9-28(25)42-33/h3-4,8-9,19-22,24,26-27,29-30,32,35H,1-2,5-7,10-18H2. The van der Waals surface area contributed by atoms with Crippen molar-refractivity contribution in [3.8, 4) is 0 Å². The topological polar surface area (TPSA) is 66.9 Å². The van der Waals surface area contributed by atoms with Gasteiger partial charge in [0.2, 0.25) is 0 Å². The number of fused-ring (bicyclic) bond motifs is 4. The van der Waals surface area contributed by atoms with Gasteiger partial charge in [-0.3, -0.25) is 9.69 Å². The average Bonchev–Trinajstić information content (AvgIpc) is 3.45. The Kier molecular flexibility index (Phi) is 7.59. The van der Waals surface area contributed by atoms with Crippen LogP contribution in [0.25, 0.3) is 15.8 Å². The van der Waals surface area contributed by atoms with E-state index in [9.17, 15) is 4.79 Å². The fraction of sp³-hybridized carbons (Fsp3) is 0.697. The molecule has 3 aliphatic heterocycles. The molecule has 0 amide bonds. The Morgan fingerprint density at radius 3 is 2.71 bits per heavy atom. The molecular weight excluding hydrogens is 551 g/mol. The number of allylic oxidation sites excluding steroid dienone is 1. The van der Waals surface area contributed by atoms with Gasteiger partial charge >= 0.3 is 0 Å². The number of hydrogen-bond acceptors (Lipinski definition) is 8. The number of nitrogens with zero attached hydrogens (tertiary/aromatic N) is 3. The van der Waals surface area contributed by atoms with E-state index in [-0.39, 0.29) is 36.5 Å². The van der Waals surface area contributed by atoms with E-state index < -0.39 is 18.1 Å². The first-order valence-electron chi connectivity index (χ1n) is 16.4. The van der Waals surface area contributed by atoms with Crippen molar-refractivity contribution >= 4 is 32.9 Å². The highest BCUT2D eigenvalue weighted by Crippen LogP contribution is 2.51. The van der Waals surface area contributed by atoms with Crippen molar-refractivity contribution in [1.82, 2.24) is 20.1 Å².